The van der Waals surface area contributed by atoms with Crippen molar-refractivity contribution in [3.63, 3.8) is 0 Å². The quantitative estimate of drug-likeness (QED) is 0.646. The Labute approximate surface area is 125 Å². The van der Waals surface area contributed by atoms with Crippen molar-refractivity contribution in [2.24, 2.45) is 5.92 Å². The van der Waals surface area contributed by atoms with Crippen LogP contribution >= 0.6 is 0 Å². The normalized spacial score (nSPS) is 11.9. The molecule has 5 nitrogen and oxygen atoms in total. The summed E-state index contributed by atoms with van der Waals surface area (Å²) in [6, 6.07) is 10.2. The Morgan fingerprint density at radius 2 is 2.00 bits per heavy atom. The maximum atomic E-state index is 11.8. The summed E-state index contributed by atoms with van der Waals surface area (Å²) in [6.45, 7) is 2.13. The summed E-state index contributed by atoms with van der Waals surface area (Å²) in [7, 11) is 0. The predicted molar refractivity (Wildman–Crippen MR) is 80.0 cm³/mol. The van der Waals surface area contributed by atoms with Crippen LogP contribution in [-0.2, 0) is 20.7 Å². The van der Waals surface area contributed by atoms with E-state index in [2.05, 4.69) is 17.4 Å². The highest BCUT2D eigenvalue weighted by atomic mass is 16.5. The van der Waals surface area contributed by atoms with Gasteiger partial charge in [0.05, 0.1) is 6.61 Å². The number of aryl methyl sites for hydroxylation is 1. The molecule has 0 aliphatic rings. The molecule has 116 valence electrons. The molecule has 0 bridgehead atoms. The second-order valence-corrected chi connectivity index (χ2v) is 5.02. The maximum absolute atomic E-state index is 11.8. The number of rotatable bonds is 10. The van der Waals surface area contributed by atoms with E-state index in [1.54, 1.807) is 0 Å². The highest BCUT2D eigenvalue weighted by molar-refractivity contribution is 5.78. The van der Waals surface area contributed by atoms with Crippen molar-refractivity contribution in [1.82, 2.24) is 5.32 Å². The zero-order chi connectivity index (χ0) is 15.5. The van der Waals surface area contributed by atoms with E-state index in [-0.39, 0.29) is 25.0 Å². The van der Waals surface area contributed by atoms with Crippen LogP contribution in [0.15, 0.2) is 30.3 Å². The summed E-state index contributed by atoms with van der Waals surface area (Å²) < 4.78 is 4.85. The Morgan fingerprint density at radius 1 is 1.29 bits per heavy atom. The van der Waals surface area contributed by atoms with Crippen LogP contribution in [0.4, 0.5) is 0 Å². The van der Waals surface area contributed by atoms with Crippen molar-refractivity contribution >= 4 is 11.9 Å². The van der Waals surface area contributed by atoms with Gasteiger partial charge in [-0.05, 0) is 24.8 Å². The second kappa shape index (κ2) is 9.94. The molecule has 0 spiro atoms. The molecule has 1 aromatic rings. The highest BCUT2D eigenvalue weighted by Crippen LogP contribution is 2.10. The molecule has 0 heterocycles. The lowest BCUT2D eigenvalue weighted by Crippen LogP contribution is -2.32. The van der Waals surface area contributed by atoms with Gasteiger partial charge >= 0.3 is 5.97 Å². The molecule has 1 aromatic carbocycles. The standard InChI is InChI=1S/C16H23NO4/c1-13(6-5-9-14-7-3-2-4-8-14)16(20)17-10-11-21-12-15(18)19/h2-4,7-8,13H,5-6,9-12H2,1H3,(H,17,20)(H,18,19). The van der Waals surface area contributed by atoms with Crippen LogP contribution in [0.5, 0.6) is 0 Å². The lowest BCUT2D eigenvalue weighted by molar-refractivity contribution is -0.142. The number of carboxylic acids is 1. The minimum atomic E-state index is -1.00. The largest absolute Gasteiger partial charge is 0.480 e. The smallest absolute Gasteiger partial charge is 0.329 e. The van der Waals surface area contributed by atoms with Crippen LogP contribution in [0.1, 0.15) is 25.3 Å². The summed E-state index contributed by atoms with van der Waals surface area (Å²) in [5, 5.41) is 11.1. The summed E-state index contributed by atoms with van der Waals surface area (Å²) in [5.41, 5.74) is 1.28. The van der Waals surface area contributed by atoms with Gasteiger partial charge in [-0.1, -0.05) is 37.3 Å². The van der Waals surface area contributed by atoms with Crippen LogP contribution in [-0.4, -0.2) is 36.7 Å². The molecule has 0 saturated carbocycles. The van der Waals surface area contributed by atoms with E-state index in [0.717, 1.165) is 19.3 Å². The number of benzene rings is 1. The van der Waals surface area contributed by atoms with Crippen LogP contribution in [0.25, 0.3) is 0 Å². The topological polar surface area (TPSA) is 75.6 Å². The maximum Gasteiger partial charge on any atom is 0.329 e. The molecule has 1 amide bonds. The molecular weight excluding hydrogens is 270 g/mol. The van der Waals surface area contributed by atoms with Crippen molar-refractivity contribution in [1.29, 1.82) is 0 Å². The first-order chi connectivity index (χ1) is 10.1. The fraction of sp³-hybridized carbons (Fsp3) is 0.500. The number of carbonyl (C=O) groups is 2. The van der Waals surface area contributed by atoms with Gasteiger partial charge in [0.25, 0.3) is 0 Å². The summed E-state index contributed by atoms with van der Waals surface area (Å²) in [4.78, 5) is 22.0. The van der Waals surface area contributed by atoms with Crippen LogP contribution in [0.3, 0.4) is 0 Å². The molecule has 21 heavy (non-hydrogen) atoms. The minimum absolute atomic E-state index is 0.0120. The third kappa shape index (κ3) is 8.09. The van der Waals surface area contributed by atoms with E-state index in [9.17, 15) is 9.59 Å². The number of nitrogens with one attached hydrogen (secondary N) is 1. The average Bonchev–Trinajstić information content (AvgIpc) is 2.47. The Bertz CT molecular complexity index is 433. The van der Waals surface area contributed by atoms with E-state index in [0.29, 0.717) is 6.54 Å². The van der Waals surface area contributed by atoms with Gasteiger partial charge in [0.15, 0.2) is 0 Å². The Kier molecular flexibility index (Phi) is 8.12. The first kappa shape index (κ1) is 17.2. The third-order valence-electron chi connectivity index (χ3n) is 3.16. The molecule has 0 aliphatic heterocycles. The molecule has 0 saturated heterocycles. The molecular formula is C16H23NO4. The van der Waals surface area contributed by atoms with Gasteiger partial charge in [0, 0.05) is 12.5 Å². The third-order valence-corrected chi connectivity index (χ3v) is 3.16. The van der Waals surface area contributed by atoms with Gasteiger partial charge in [-0.3, -0.25) is 4.79 Å². The first-order valence-electron chi connectivity index (χ1n) is 7.20. The molecule has 1 atom stereocenters. The van der Waals surface area contributed by atoms with E-state index in [4.69, 9.17) is 9.84 Å². The highest BCUT2D eigenvalue weighted by Gasteiger charge is 2.11. The number of ether oxygens (including phenoxy) is 1. The fourth-order valence-electron chi connectivity index (χ4n) is 1.97. The summed E-state index contributed by atoms with van der Waals surface area (Å²) in [6.07, 6.45) is 2.77. The molecule has 0 aliphatic carbocycles. The van der Waals surface area contributed by atoms with Crippen molar-refractivity contribution in [3.05, 3.63) is 35.9 Å². The van der Waals surface area contributed by atoms with E-state index in [1.807, 2.05) is 25.1 Å². The minimum Gasteiger partial charge on any atom is -0.480 e. The average molecular weight is 293 g/mol. The van der Waals surface area contributed by atoms with Crippen LogP contribution in [0.2, 0.25) is 0 Å². The van der Waals surface area contributed by atoms with Gasteiger partial charge in [-0.2, -0.15) is 0 Å². The number of hydrogen-bond acceptors (Lipinski definition) is 3. The Balaban J connectivity index is 2.09. The van der Waals surface area contributed by atoms with E-state index < -0.39 is 5.97 Å². The predicted octanol–water partition coefficient (Wildman–Crippen LogP) is 1.86. The second-order valence-electron chi connectivity index (χ2n) is 5.02. The zero-order valence-electron chi connectivity index (χ0n) is 12.4. The molecule has 5 heteroatoms. The first-order valence-corrected chi connectivity index (χ1v) is 7.20. The van der Waals surface area contributed by atoms with Crippen molar-refractivity contribution in [2.75, 3.05) is 19.8 Å². The lowest BCUT2D eigenvalue weighted by atomic mass is 10.0. The Hall–Kier alpha value is -1.88. The van der Waals surface area contributed by atoms with E-state index in [1.165, 1.54) is 5.56 Å². The molecule has 0 fully saturated rings. The van der Waals surface area contributed by atoms with Crippen LogP contribution < -0.4 is 5.32 Å². The number of aliphatic carboxylic acids is 1. The fourth-order valence-corrected chi connectivity index (χ4v) is 1.97. The van der Waals surface area contributed by atoms with Gasteiger partial charge in [-0.25, -0.2) is 4.79 Å². The molecule has 1 rings (SSSR count). The van der Waals surface area contributed by atoms with Crippen molar-refractivity contribution < 1.29 is 19.4 Å². The molecule has 1 unspecified atom stereocenters. The van der Waals surface area contributed by atoms with Crippen LogP contribution in [0, 0.1) is 5.92 Å². The molecule has 0 aromatic heterocycles. The zero-order valence-corrected chi connectivity index (χ0v) is 12.4. The molecule has 2 N–H and O–H groups in total. The summed E-state index contributed by atoms with van der Waals surface area (Å²) >= 11 is 0. The Morgan fingerprint density at radius 3 is 2.67 bits per heavy atom. The van der Waals surface area contributed by atoms with Crippen molar-refractivity contribution in [3.8, 4) is 0 Å². The lowest BCUT2D eigenvalue weighted by Gasteiger charge is -2.12. The van der Waals surface area contributed by atoms with Gasteiger partial charge in [-0.15, -0.1) is 0 Å². The number of carbonyl (C=O) groups excluding carboxylic acids is 1. The monoisotopic (exact) mass is 293 g/mol. The number of carboxylic acid groups (broad SMARTS) is 1. The van der Waals surface area contributed by atoms with Gasteiger partial charge < -0.3 is 15.2 Å². The van der Waals surface area contributed by atoms with Gasteiger partial charge in [0.1, 0.15) is 6.61 Å². The number of hydrogen-bond donors (Lipinski definition) is 2. The van der Waals surface area contributed by atoms with E-state index >= 15 is 0 Å². The molecule has 0 radical (unpaired) electrons. The summed E-state index contributed by atoms with van der Waals surface area (Å²) in [5.74, 6) is -1.06. The SMILES string of the molecule is CC(CCCc1ccccc1)C(=O)NCCOCC(=O)O. The number of amides is 1. The van der Waals surface area contributed by atoms with Gasteiger partial charge in [0.2, 0.25) is 5.91 Å². The van der Waals surface area contributed by atoms with Crippen molar-refractivity contribution in [2.45, 2.75) is 26.2 Å².